The van der Waals surface area contributed by atoms with Crippen molar-refractivity contribution in [2.45, 2.75) is 51.7 Å². The molecule has 0 aliphatic carbocycles. The molecule has 17 heavy (non-hydrogen) atoms. The van der Waals surface area contributed by atoms with Gasteiger partial charge in [0.05, 0.1) is 11.6 Å². The molecule has 98 valence electrons. The average Bonchev–Trinajstić information content (AvgIpc) is 2.78. The number of nitrogens with one attached hydrogen (secondary N) is 1. The Morgan fingerprint density at radius 1 is 1.47 bits per heavy atom. The summed E-state index contributed by atoms with van der Waals surface area (Å²) in [5, 5.41) is 0. The van der Waals surface area contributed by atoms with E-state index in [2.05, 4.69) is 38.3 Å². The van der Waals surface area contributed by atoms with Crippen molar-refractivity contribution in [2.24, 2.45) is 5.84 Å². The predicted molar refractivity (Wildman–Crippen MR) is 74.1 cm³/mol. The van der Waals surface area contributed by atoms with Gasteiger partial charge in [0.25, 0.3) is 0 Å². The summed E-state index contributed by atoms with van der Waals surface area (Å²) in [4.78, 5) is 2.72. The molecule has 3 nitrogen and oxygen atoms in total. The second-order valence-electron chi connectivity index (χ2n) is 4.88. The molecule has 0 spiro atoms. The summed E-state index contributed by atoms with van der Waals surface area (Å²) < 4.78 is 5.43. The van der Waals surface area contributed by atoms with Crippen LogP contribution in [0.5, 0.6) is 0 Å². The molecule has 1 unspecified atom stereocenters. The molecule has 0 bridgehead atoms. The molecule has 0 aliphatic heterocycles. The number of nitrogens with two attached hydrogens (primary N) is 1. The molecule has 1 heterocycles. The second-order valence-corrected chi connectivity index (χ2v) is 6.08. The number of thiophene rings is 1. The molecule has 0 fully saturated rings. The number of methoxy groups -OCH3 is 1. The van der Waals surface area contributed by atoms with Crippen LogP contribution in [0.1, 0.15) is 49.4 Å². The summed E-state index contributed by atoms with van der Waals surface area (Å²) >= 11 is 1.84. The number of aryl methyl sites for hydroxylation is 1. The first-order chi connectivity index (χ1) is 8.02. The largest absolute Gasteiger partial charge is 0.379 e. The molecule has 0 radical (unpaired) electrons. The normalized spacial score (nSPS) is 13.9. The number of ether oxygens (including phenoxy) is 1. The van der Waals surface area contributed by atoms with Crippen LogP contribution >= 0.6 is 11.3 Å². The molecule has 0 saturated heterocycles. The molecule has 0 aromatic carbocycles. The molecule has 1 atom stereocenters. The molecule has 4 heteroatoms. The smallest absolute Gasteiger partial charge is 0.0623 e. The van der Waals surface area contributed by atoms with Crippen LogP contribution in [-0.4, -0.2) is 12.7 Å². The molecule has 0 aliphatic rings. The molecular weight excluding hydrogens is 232 g/mol. The van der Waals surface area contributed by atoms with Crippen molar-refractivity contribution in [3.05, 3.63) is 21.9 Å². The first kappa shape index (κ1) is 14.6. The van der Waals surface area contributed by atoms with Gasteiger partial charge in [-0.05, 0) is 45.2 Å². The summed E-state index contributed by atoms with van der Waals surface area (Å²) in [6.45, 7) is 6.38. The third-order valence-corrected chi connectivity index (χ3v) is 4.51. The number of hydrazine groups is 1. The van der Waals surface area contributed by atoms with Crippen molar-refractivity contribution in [1.29, 1.82) is 0 Å². The first-order valence-electron chi connectivity index (χ1n) is 6.12. The molecule has 1 rings (SSSR count). The quantitative estimate of drug-likeness (QED) is 0.582. The molecule has 1 aromatic heterocycles. The van der Waals surface area contributed by atoms with Gasteiger partial charge in [0, 0.05) is 16.9 Å². The standard InChI is InChI=1S/C13H24N2OS/c1-5-10-6-7-12(17-10)11(15-14)8-9-13(2,3)16-4/h6-7,11,15H,5,8-9,14H2,1-4H3. The fourth-order valence-corrected chi connectivity index (χ4v) is 2.72. The van der Waals surface area contributed by atoms with Crippen molar-refractivity contribution in [3.8, 4) is 0 Å². The van der Waals surface area contributed by atoms with E-state index in [4.69, 9.17) is 10.6 Å². The average molecular weight is 256 g/mol. The number of hydrogen-bond donors (Lipinski definition) is 2. The zero-order valence-corrected chi connectivity index (χ0v) is 12.1. The van der Waals surface area contributed by atoms with Crippen molar-refractivity contribution in [1.82, 2.24) is 5.43 Å². The second kappa shape index (κ2) is 6.50. The lowest BCUT2D eigenvalue weighted by Gasteiger charge is -2.25. The van der Waals surface area contributed by atoms with Crippen LogP contribution in [0.3, 0.4) is 0 Å². The van der Waals surface area contributed by atoms with E-state index in [1.54, 1.807) is 7.11 Å². The summed E-state index contributed by atoms with van der Waals surface area (Å²) in [5.74, 6) is 5.64. The van der Waals surface area contributed by atoms with E-state index < -0.39 is 0 Å². The van der Waals surface area contributed by atoms with E-state index in [1.165, 1.54) is 9.75 Å². The van der Waals surface area contributed by atoms with Crippen LogP contribution in [0, 0.1) is 0 Å². The van der Waals surface area contributed by atoms with Crippen molar-refractivity contribution >= 4 is 11.3 Å². The summed E-state index contributed by atoms with van der Waals surface area (Å²) in [6.07, 6.45) is 3.06. The van der Waals surface area contributed by atoms with E-state index >= 15 is 0 Å². The third-order valence-electron chi connectivity index (χ3n) is 3.16. The van der Waals surface area contributed by atoms with Gasteiger partial charge in [-0.25, -0.2) is 0 Å². The maximum Gasteiger partial charge on any atom is 0.0623 e. The zero-order chi connectivity index (χ0) is 12.9. The van der Waals surface area contributed by atoms with Gasteiger partial charge in [0.2, 0.25) is 0 Å². The van der Waals surface area contributed by atoms with Crippen LogP contribution in [0.2, 0.25) is 0 Å². The van der Waals surface area contributed by atoms with Crippen molar-refractivity contribution in [3.63, 3.8) is 0 Å². The predicted octanol–water partition coefficient (Wildman–Crippen LogP) is 3.02. The monoisotopic (exact) mass is 256 g/mol. The van der Waals surface area contributed by atoms with Crippen LogP contribution in [0.25, 0.3) is 0 Å². The summed E-state index contributed by atoms with van der Waals surface area (Å²) in [6, 6.07) is 4.59. The summed E-state index contributed by atoms with van der Waals surface area (Å²) in [5.41, 5.74) is 2.82. The van der Waals surface area contributed by atoms with Gasteiger partial charge < -0.3 is 4.74 Å². The lowest BCUT2D eigenvalue weighted by molar-refractivity contribution is 0.0117. The van der Waals surface area contributed by atoms with Crippen molar-refractivity contribution in [2.75, 3.05) is 7.11 Å². The highest BCUT2D eigenvalue weighted by atomic mass is 32.1. The van der Waals surface area contributed by atoms with Gasteiger partial charge >= 0.3 is 0 Å². The Labute approximate surface area is 108 Å². The van der Waals surface area contributed by atoms with Crippen LogP contribution in [0.15, 0.2) is 12.1 Å². The molecule has 0 amide bonds. The van der Waals surface area contributed by atoms with E-state index in [0.29, 0.717) is 0 Å². The molecule has 3 N–H and O–H groups in total. The Kier molecular flexibility index (Phi) is 5.59. The Morgan fingerprint density at radius 3 is 2.65 bits per heavy atom. The van der Waals surface area contributed by atoms with Crippen LogP contribution in [0.4, 0.5) is 0 Å². The fourth-order valence-electron chi connectivity index (χ4n) is 1.67. The Balaban J connectivity index is 2.59. The Bertz CT molecular complexity index is 336. The maximum absolute atomic E-state index is 5.64. The Morgan fingerprint density at radius 2 is 2.18 bits per heavy atom. The van der Waals surface area contributed by atoms with Crippen LogP contribution in [-0.2, 0) is 11.2 Å². The highest BCUT2D eigenvalue weighted by Gasteiger charge is 2.20. The lowest BCUT2D eigenvalue weighted by atomic mass is 9.98. The minimum absolute atomic E-state index is 0.0834. The highest BCUT2D eigenvalue weighted by Crippen LogP contribution is 2.29. The van der Waals surface area contributed by atoms with E-state index in [-0.39, 0.29) is 11.6 Å². The minimum atomic E-state index is -0.0834. The first-order valence-corrected chi connectivity index (χ1v) is 6.94. The fraction of sp³-hybridized carbons (Fsp3) is 0.692. The van der Waals surface area contributed by atoms with E-state index in [9.17, 15) is 0 Å². The Hall–Kier alpha value is -0.420. The van der Waals surface area contributed by atoms with Gasteiger partial charge in [0.15, 0.2) is 0 Å². The van der Waals surface area contributed by atoms with Gasteiger partial charge in [0.1, 0.15) is 0 Å². The minimum Gasteiger partial charge on any atom is -0.379 e. The third kappa shape index (κ3) is 4.39. The SMILES string of the molecule is CCc1ccc(C(CCC(C)(C)OC)NN)s1. The molecule has 1 aromatic rings. The van der Waals surface area contributed by atoms with E-state index in [1.807, 2.05) is 11.3 Å². The summed E-state index contributed by atoms with van der Waals surface area (Å²) in [7, 11) is 1.76. The maximum atomic E-state index is 5.64. The highest BCUT2D eigenvalue weighted by molar-refractivity contribution is 7.12. The van der Waals surface area contributed by atoms with Crippen LogP contribution < -0.4 is 11.3 Å². The van der Waals surface area contributed by atoms with Gasteiger partial charge in [-0.15, -0.1) is 11.3 Å². The number of rotatable bonds is 7. The lowest BCUT2D eigenvalue weighted by Crippen LogP contribution is -2.30. The number of hydrogen-bond acceptors (Lipinski definition) is 4. The molecular formula is C13H24N2OS. The van der Waals surface area contributed by atoms with Gasteiger partial charge in [-0.3, -0.25) is 11.3 Å². The van der Waals surface area contributed by atoms with E-state index in [0.717, 1.165) is 19.3 Å². The van der Waals surface area contributed by atoms with Gasteiger partial charge in [-0.2, -0.15) is 0 Å². The van der Waals surface area contributed by atoms with Gasteiger partial charge in [-0.1, -0.05) is 6.92 Å². The topological polar surface area (TPSA) is 47.3 Å². The van der Waals surface area contributed by atoms with Crippen molar-refractivity contribution < 1.29 is 4.74 Å². The zero-order valence-electron chi connectivity index (χ0n) is 11.2. The molecule has 0 saturated carbocycles.